The van der Waals surface area contributed by atoms with Gasteiger partial charge >= 0.3 is 0 Å². The van der Waals surface area contributed by atoms with Crippen LogP contribution in [0.15, 0.2) is 21.1 Å². The lowest BCUT2D eigenvalue weighted by atomic mass is 10.2. The first-order valence-corrected chi connectivity index (χ1v) is 7.06. The van der Waals surface area contributed by atoms with Crippen molar-refractivity contribution in [3.8, 4) is 11.5 Å². The summed E-state index contributed by atoms with van der Waals surface area (Å²) >= 11 is 6.91. The molecule has 17 heavy (non-hydrogen) atoms. The average Bonchev–Trinajstić information content (AvgIpc) is 2.30. The molecule has 1 rings (SSSR count). The summed E-state index contributed by atoms with van der Waals surface area (Å²) in [6.07, 6.45) is 2.07. The van der Waals surface area contributed by atoms with Crippen molar-refractivity contribution in [1.82, 2.24) is 0 Å². The van der Waals surface area contributed by atoms with Crippen LogP contribution < -0.4 is 15.2 Å². The van der Waals surface area contributed by atoms with E-state index in [1.54, 1.807) is 7.11 Å². The van der Waals surface area contributed by atoms with E-state index in [1.165, 1.54) is 0 Å². The van der Waals surface area contributed by atoms with Crippen LogP contribution in [0.3, 0.4) is 0 Å². The van der Waals surface area contributed by atoms with E-state index < -0.39 is 0 Å². The summed E-state index contributed by atoms with van der Waals surface area (Å²) in [6.45, 7) is 2.74. The molecule has 0 bridgehead atoms. The molecular formula is C12H17Br2NO2. The van der Waals surface area contributed by atoms with Gasteiger partial charge in [0.25, 0.3) is 0 Å². The van der Waals surface area contributed by atoms with Crippen LogP contribution >= 0.6 is 31.9 Å². The predicted molar refractivity (Wildman–Crippen MR) is 76.8 cm³/mol. The zero-order chi connectivity index (χ0) is 12.8. The maximum absolute atomic E-state index is 5.84. The lowest BCUT2D eigenvalue weighted by Crippen LogP contribution is -2.14. The molecule has 1 aromatic carbocycles. The SMILES string of the molecule is COc1cc(Br)c(OC(C)CCCN)cc1Br. The molecule has 96 valence electrons. The van der Waals surface area contributed by atoms with Gasteiger partial charge in [-0.1, -0.05) is 0 Å². The Morgan fingerprint density at radius 2 is 1.82 bits per heavy atom. The smallest absolute Gasteiger partial charge is 0.135 e. The first-order valence-electron chi connectivity index (χ1n) is 5.48. The molecule has 0 amide bonds. The van der Waals surface area contributed by atoms with Crippen molar-refractivity contribution in [2.75, 3.05) is 13.7 Å². The van der Waals surface area contributed by atoms with Gasteiger partial charge in [-0.15, -0.1) is 0 Å². The van der Waals surface area contributed by atoms with E-state index in [4.69, 9.17) is 15.2 Å². The van der Waals surface area contributed by atoms with Gasteiger partial charge in [0, 0.05) is 0 Å². The minimum absolute atomic E-state index is 0.148. The molecule has 0 aliphatic heterocycles. The number of hydrogen-bond acceptors (Lipinski definition) is 3. The second-order valence-corrected chi connectivity index (χ2v) is 5.49. The topological polar surface area (TPSA) is 44.5 Å². The average molecular weight is 367 g/mol. The van der Waals surface area contributed by atoms with Crippen molar-refractivity contribution in [3.63, 3.8) is 0 Å². The molecule has 2 N–H and O–H groups in total. The van der Waals surface area contributed by atoms with Crippen molar-refractivity contribution in [3.05, 3.63) is 21.1 Å². The van der Waals surface area contributed by atoms with Crippen LogP contribution in [0.4, 0.5) is 0 Å². The van der Waals surface area contributed by atoms with Crippen molar-refractivity contribution in [2.24, 2.45) is 5.73 Å². The molecule has 1 atom stereocenters. The fraction of sp³-hybridized carbons (Fsp3) is 0.500. The Morgan fingerprint density at radius 1 is 1.24 bits per heavy atom. The lowest BCUT2D eigenvalue weighted by molar-refractivity contribution is 0.207. The molecule has 0 radical (unpaired) electrons. The predicted octanol–water partition coefficient (Wildman–Crippen LogP) is 3.73. The Labute approximate surface area is 119 Å². The molecule has 3 nitrogen and oxygen atoms in total. The molecule has 0 aromatic heterocycles. The van der Waals surface area contributed by atoms with Crippen LogP contribution in [-0.4, -0.2) is 19.8 Å². The van der Waals surface area contributed by atoms with Crippen molar-refractivity contribution in [2.45, 2.75) is 25.9 Å². The number of nitrogens with two attached hydrogens (primary N) is 1. The van der Waals surface area contributed by atoms with E-state index >= 15 is 0 Å². The standard InChI is InChI=1S/C12H17Br2NO2/c1-8(4-3-5-15)17-12-7-9(13)11(16-2)6-10(12)14/h6-8H,3-5,15H2,1-2H3. The third-order valence-electron chi connectivity index (χ3n) is 2.35. The number of hydrogen-bond donors (Lipinski definition) is 1. The van der Waals surface area contributed by atoms with Crippen LogP contribution in [0, 0.1) is 0 Å². The molecule has 0 spiro atoms. The van der Waals surface area contributed by atoms with E-state index in [2.05, 4.69) is 31.9 Å². The molecule has 0 heterocycles. The molecule has 5 heteroatoms. The van der Waals surface area contributed by atoms with Crippen molar-refractivity contribution in [1.29, 1.82) is 0 Å². The third kappa shape index (κ3) is 4.48. The summed E-state index contributed by atoms with van der Waals surface area (Å²) in [6, 6.07) is 3.79. The maximum atomic E-state index is 5.84. The molecule has 0 aliphatic rings. The second-order valence-electron chi connectivity index (χ2n) is 3.78. The molecule has 1 aromatic rings. The minimum Gasteiger partial charge on any atom is -0.496 e. The van der Waals surface area contributed by atoms with E-state index in [0.717, 1.165) is 33.3 Å². The Kier molecular flexibility index (Phi) is 6.30. The lowest BCUT2D eigenvalue weighted by Gasteiger charge is -2.16. The summed E-state index contributed by atoms with van der Waals surface area (Å²) in [5, 5.41) is 0. The van der Waals surface area contributed by atoms with Gasteiger partial charge < -0.3 is 15.2 Å². The van der Waals surface area contributed by atoms with Gasteiger partial charge in [-0.25, -0.2) is 0 Å². The normalized spacial score (nSPS) is 12.3. The van der Waals surface area contributed by atoms with E-state index in [-0.39, 0.29) is 6.10 Å². The summed E-state index contributed by atoms with van der Waals surface area (Å²) < 4.78 is 12.8. The molecule has 0 fully saturated rings. The highest BCUT2D eigenvalue weighted by atomic mass is 79.9. The molecule has 0 aliphatic carbocycles. The van der Waals surface area contributed by atoms with Gasteiger partial charge in [-0.05, 0) is 70.3 Å². The van der Waals surface area contributed by atoms with Crippen LogP contribution in [0.2, 0.25) is 0 Å². The van der Waals surface area contributed by atoms with Gasteiger partial charge in [0.15, 0.2) is 0 Å². The summed E-state index contributed by atoms with van der Waals surface area (Å²) in [5.74, 6) is 1.58. The van der Waals surface area contributed by atoms with Gasteiger partial charge in [0.05, 0.1) is 22.2 Å². The number of rotatable bonds is 6. The van der Waals surface area contributed by atoms with Crippen LogP contribution in [0.25, 0.3) is 0 Å². The first-order chi connectivity index (χ1) is 8.08. The minimum atomic E-state index is 0.148. The fourth-order valence-corrected chi connectivity index (χ4v) is 2.34. The Bertz CT molecular complexity index is 372. The first kappa shape index (κ1) is 14.8. The largest absolute Gasteiger partial charge is 0.496 e. The Hall–Kier alpha value is -0.260. The van der Waals surface area contributed by atoms with E-state index in [0.29, 0.717) is 6.54 Å². The summed E-state index contributed by atoms with van der Waals surface area (Å²) in [7, 11) is 1.64. The Balaban J connectivity index is 2.74. The van der Waals surface area contributed by atoms with Crippen LogP contribution in [-0.2, 0) is 0 Å². The zero-order valence-electron chi connectivity index (χ0n) is 10.0. The molecule has 0 saturated carbocycles. The Morgan fingerprint density at radius 3 is 2.41 bits per heavy atom. The van der Waals surface area contributed by atoms with Gasteiger partial charge in [-0.2, -0.15) is 0 Å². The van der Waals surface area contributed by atoms with E-state index in [1.807, 2.05) is 19.1 Å². The molecule has 0 saturated heterocycles. The third-order valence-corrected chi connectivity index (χ3v) is 3.59. The zero-order valence-corrected chi connectivity index (χ0v) is 13.2. The molecular weight excluding hydrogens is 350 g/mol. The highest BCUT2D eigenvalue weighted by molar-refractivity contribution is 9.11. The fourth-order valence-electron chi connectivity index (χ4n) is 1.44. The van der Waals surface area contributed by atoms with E-state index in [9.17, 15) is 0 Å². The quantitative estimate of drug-likeness (QED) is 0.834. The summed E-state index contributed by atoms with van der Waals surface area (Å²) in [4.78, 5) is 0. The monoisotopic (exact) mass is 365 g/mol. The molecule has 1 unspecified atom stereocenters. The number of benzene rings is 1. The number of halogens is 2. The van der Waals surface area contributed by atoms with Crippen LogP contribution in [0.5, 0.6) is 11.5 Å². The number of ether oxygens (including phenoxy) is 2. The maximum Gasteiger partial charge on any atom is 0.135 e. The summed E-state index contributed by atoms with van der Waals surface area (Å²) in [5.41, 5.74) is 5.47. The number of methoxy groups -OCH3 is 1. The van der Waals surface area contributed by atoms with Crippen LogP contribution in [0.1, 0.15) is 19.8 Å². The van der Waals surface area contributed by atoms with Crippen molar-refractivity contribution < 1.29 is 9.47 Å². The van der Waals surface area contributed by atoms with Gasteiger partial charge in [0.1, 0.15) is 11.5 Å². The van der Waals surface area contributed by atoms with Crippen molar-refractivity contribution >= 4 is 31.9 Å². The van der Waals surface area contributed by atoms with Gasteiger partial charge in [-0.3, -0.25) is 0 Å². The highest BCUT2D eigenvalue weighted by Crippen LogP contribution is 2.36. The van der Waals surface area contributed by atoms with Gasteiger partial charge in [0.2, 0.25) is 0 Å². The highest BCUT2D eigenvalue weighted by Gasteiger charge is 2.11. The second kappa shape index (κ2) is 7.24.